The molecule has 1 N–H and O–H groups in total. The Labute approximate surface area is 197 Å². The second-order valence-electron chi connectivity index (χ2n) is 7.99. The highest BCUT2D eigenvalue weighted by molar-refractivity contribution is 7.99. The van der Waals surface area contributed by atoms with E-state index in [-0.39, 0.29) is 23.4 Å². The second kappa shape index (κ2) is 10.0. The van der Waals surface area contributed by atoms with Crippen molar-refractivity contribution < 1.29 is 9.18 Å². The maximum absolute atomic E-state index is 14.5. The Morgan fingerprint density at radius 3 is 2.45 bits per heavy atom. The molecule has 168 valence electrons. The van der Waals surface area contributed by atoms with Gasteiger partial charge in [0.2, 0.25) is 5.91 Å². The minimum atomic E-state index is -0.378. The van der Waals surface area contributed by atoms with Crippen LogP contribution in [0.5, 0.6) is 0 Å². The van der Waals surface area contributed by atoms with Crippen LogP contribution >= 0.6 is 11.8 Å². The first-order valence-electron chi connectivity index (χ1n) is 10.7. The number of carbonyl (C=O) groups excluding carboxylic acids is 1. The Kier molecular flexibility index (Phi) is 6.89. The maximum atomic E-state index is 14.5. The van der Waals surface area contributed by atoms with Crippen molar-refractivity contribution in [3.63, 3.8) is 0 Å². The summed E-state index contributed by atoms with van der Waals surface area (Å²) in [4.78, 5) is 12.8. The van der Waals surface area contributed by atoms with Crippen molar-refractivity contribution in [2.24, 2.45) is 0 Å². The molecule has 0 aliphatic rings. The number of halogens is 1. The van der Waals surface area contributed by atoms with E-state index in [1.54, 1.807) is 22.8 Å². The van der Waals surface area contributed by atoms with E-state index in [1.165, 1.54) is 17.8 Å². The van der Waals surface area contributed by atoms with Crippen LogP contribution in [0.3, 0.4) is 0 Å². The van der Waals surface area contributed by atoms with Crippen molar-refractivity contribution in [2.45, 2.75) is 31.8 Å². The number of aryl methyl sites for hydroxylation is 1. The van der Waals surface area contributed by atoms with Crippen molar-refractivity contribution in [2.75, 3.05) is 11.1 Å². The molecule has 4 aromatic rings. The molecule has 0 unspecified atom stereocenters. The van der Waals surface area contributed by atoms with Gasteiger partial charge in [-0.05, 0) is 48.2 Å². The molecule has 1 heterocycles. The molecule has 0 atom stereocenters. The summed E-state index contributed by atoms with van der Waals surface area (Å²) in [6, 6.07) is 22.0. The van der Waals surface area contributed by atoms with Gasteiger partial charge in [0.1, 0.15) is 5.82 Å². The molecular weight excluding hydrogens is 435 g/mol. The van der Waals surface area contributed by atoms with Crippen LogP contribution in [0.2, 0.25) is 0 Å². The lowest BCUT2D eigenvalue weighted by atomic mass is 9.98. The Bertz CT molecular complexity index is 1270. The molecule has 0 aliphatic heterocycles. The summed E-state index contributed by atoms with van der Waals surface area (Å²) in [7, 11) is 0. The zero-order valence-electron chi connectivity index (χ0n) is 18.7. The van der Waals surface area contributed by atoms with E-state index in [9.17, 15) is 9.18 Å². The lowest BCUT2D eigenvalue weighted by Gasteiger charge is -2.16. The van der Waals surface area contributed by atoms with Crippen LogP contribution in [0.1, 0.15) is 30.9 Å². The van der Waals surface area contributed by atoms with Crippen molar-refractivity contribution in [3.8, 4) is 17.1 Å². The van der Waals surface area contributed by atoms with Gasteiger partial charge in [-0.25, -0.2) is 4.39 Å². The van der Waals surface area contributed by atoms with E-state index >= 15 is 0 Å². The predicted octanol–water partition coefficient (Wildman–Crippen LogP) is 6.24. The number of nitrogens with zero attached hydrogens (tertiary/aromatic N) is 3. The number of carbonyl (C=O) groups is 1. The largest absolute Gasteiger partial charge is 0.325 e. The minimum Gasteiger partial charge on any atom is -0.325 e. The van der Waals surface area contributed by atoms with Crippen LogP contribution < -0.4 is 5.32 Å². The topological polar surface area (TPSA) is 59.8 Å². The number of thioether (sulfide) groups is 1. The predicted molar refractivity (Wildman–Crippen MR) is 131 cm³/mol. The zero-order valence-corrected chi connectivity index (χ0v) is 19.6. The molecule has 4 rings (SSSR count). The first-order valence-corrected chi connectivity index (χ1v) is 11.7. The number of para-hydroxylation sites is 2. The lowest BCUT2D eigenvalue weighted by Crippen LogP contribution is -2.17. The van der Waals surface area contributed by atoms with Gasteiger partial charge in [-0.1, -0.05) is 74.1 Å². The average molecular weight is 461 g/mol. The Morgan fingerprint density at radius 2 is 1.73 bits per heavy atom. The monoisotopic (exact) mass is 460 g/mol. The van der Waals surface area contributed by atoms with Gasteiger partial charge in [-0.15, -0.1) is 10.2 Å². The molecule has 0 radical (unpaired) electrons. The Morgan fingerprint density at radius 1 is 1.00 bits per heavy atom. The molecule has 5 nitrogen and oxygen atoms in total. The quantitative estimate of drug-likeness (QED) is 0.332. The molecule has 0 bridgehead atoms. The van der Waals surface area contributed by atoms with Crippen molar-refractivity contribution in [1.82, 2.24) is 14.8 Å². The van der Waals surface area contributed by atoms with E-state index < -0.39 is 0 Å². The van der Waals surface area contributed by atoms with E-state index in [1.807, 2.05) is 55.5 Å². The molecule has 1 aromatic heterocycles. The summed E-state index contributed by atoms with van der Waals surface area (Å²) in [5, 5.41) is 12.1. The first-order chi connectivity index (χ1) is 16.0. The number of hydrogen-bond donors (Lipinski definition) is 1. The molecule has 0 fully saturated rings. The Hall–Kier alpha value is -3.45. The smallest absolute Gasteiger partial charge is 0.234 e. The van der Waals surface area contributed by atoms with Gasteiger partial charge in [-0.2, -0.15) is 0 Å². The molecule has 3 aromatic carbocycles. The SMILES string of the molecule is Cc1cccc(C(C)C)c1NC(=O)CSc1nnc(-c2ccccc2F)n1-c1ccccc1. The van der Waals surface area contributed by atoms with Crippen LogP contribution in [0.15, 0.2) is 78.0 Å². The highest BCUT2D eigenvalue weighted by Crippen LogP contribution is 2.30. The molecule has 0 saturated carbocycles. The number of rotatable bonds is 7. The summed E-state index contributed by atoms with van der Waals surface area (Å²) in [6.07, 6.45) is 0. The number of amides is 1. The number of anilines is 1. The summed E-state index contributed by atoms with van der Waals surface area (Å²) in [6.45, 7) is 6.19. The van der Waals surface area contributed by atoms with Crippen LogP contribution in [0, 0.1) is 12.7 Å². The van der Waals surface area contributed by atoms with Crippen molar-refractivity contribution in [3.05, 3.63) is 89.7 Å². The summed E-state index contributed by atoms with van der Waals surface area (Å²) >= 11 is 1.27. The fourth-order valence-corrected chi connectivity index (χ4v) is 4.39. The molecular formula is C26H25FN4OS. The summed E-state index contributed by atoms with van der Waals surface area (Å²) in [5.41, 5.74) is 4.13. The molecule has 33 heavy (non-hydrogen) atoms. The standard InChI is InChI=1S/C26H25FN4OS/c1-17(2)20-14-9-10-18(3)24(20)28-23(32)16-33-26-30-29-25(21-13-7-8-15-22(21)27)31(26)19-11-5-4-6-12-19/h4-15,17H,16H2,1-3H3,(H,28,32). The van der Waals surface area contributed by atoms with Gasteiger partial charge in [0.15, 0.2) is 11.0 Å². The van der Waals surface area contributed by atoms with Gasteiger partial charge >= 0.3 is 0 Å². The number of benzene rings is 3. The molecule has 0 saturated heterocycles. The zero-order chi connectivity index (χ0) is 23.4. The third-order valence-corrected chi connectivity index (χ3v) is 6.22. The molecule has 7 heteroatoms. The fourth-order valence-electron chi connectivity index (χ4n) is 3.64. The first kappa shape index (κ1) is 22.7. The maximum Gasteiger partial charge on any atom is 0.234 e. The van der Waals surface area contributed by atoms with E-state index in [4.69, 9.17) is 0 Å². The van der Waals surface area contributed by atoms with Gasteiger partial charge < -0.3 is 5.32 Å². The molecule has 0 aliphatic carbocycles. The lowest BCUT2D eigenvalue weighted by molar-refractivity contribution is -0.113. The van der Waals surface area contributed by atoms with E-state index in [0.29, 0.717) is 16.5 Å². The van der Waals surface area contributed by atoms with E-state index in [0.717, 1.165) is 22.5 Å². The van der Waals surface area contributed by atoms with Gasteiger partial charge in [0.05, 0.1) is 11.3 Å². The van der Waals surface area contributed by atoms with Crippen molar-refractivity contribution >= 4 is 23.4 Å². The van der Waals surface area contributed by atoms with E-state index in [2.05, 4.69) is 29.4 Å². The third-order valence-electron chi connectivity index (χ3n) is 5.29. The van der Waals surface area contributed by atoms with Gasteiger partial charge in [-0.3, -0.25) is 9.36 Å². The van der Waals surface area contributed by atoms with Crippen LogP contribution in [0.25, 0.3) is 17.1 Å². The highest BCUT2D eigenvalue weighted by Gasteiger charge is 2.20. The minimum absolute atomic E-state index is 0.133. The molecule has 0 spiro atoms. The van der Waals surface area contributed by atoms with Crippen molar-refractivity contribution in [1.29, 1.82) is 0 Å². The fraction of sp³-hybridized carbons (Fsp3) is 0.192. The molecule has 1 amide bonds. The number of aromatic nitrogens is 3. The van der Waals surface area contributed by atoms with Gasteiger partial charge in [0.25, 0.3) is 0 Å². The summed E-state index contributed by atoms with van der Waals surface area (Å²) < 4.78 is 16.3. The number of nitrogens with one attached hydrogen (secondary N) is 1. The second-order valence-corrected chi connectivity index (χ2v) is 8.93. The number of hydrogen-bond acceptors (Lipinski definition) is 4. The van der Waals surface area contributed by atoms with Crippen LogP contribution in [-0.4, -0.2) is 26.4 Å². The Balaban J connectivity index is 1.61. The normalized spacial score (nSPS) is 11.1. The average Bonchev–Trinajstić information content (AvgIpc) is 3.23. The van der Waals surface area contributed by atoms with Crippen LogP contribution in [0.4, 0.5) is 10.1 Å². The third kappa shape index (κ3) is 4.98. The van der Waals surface area contributed by atoms with Gasteiger partial charge in [0, 0.05) is 11.4 Å². The van der Waals surface area contributed by atoms with Crippen LogP contribution in [-0.2, 0) is 4.79 Å². The summed E-state index contributed by atoms with van der Waals surface area (Å²) in [5.74, 6) is 0.317. The highest BCUT2D eigenvalue weighted by atomic mass is 32.2.